The van der Waals surface area contributed by atoms with Crippen molar-refractivity contribution in [2.75, 3.05) is 6.61 Å². The molecule has 0 radical (unpaired) electrons. The molecule has 0 saturated heterocycles. The van der Waals surface area contributed by atoms with Crippen molar-refractivity contribution in [1.29, 1.82) is 0 Å². The molecule has 3 heteroatoms. The number of aliphatic hydroxyl groups is 1. The molecule has 1 N–H and O–H groups in total. The first-order valence-corrected chi connectivity index (χ1v) is 6.60. The maximum absolute atomic E-state index is 10.6. The molecule has 2 aromatic rings. The van der Waals surface area contributed by atoms with E-state index in [9.17, 15) is 5.11 Å². The van der Waals surface area contributed by atoms with Crippen molar-refractivity contribution in [3.05, 3.63) is 58.9 Å². The van der Waals surface area contributed by atoms with Crippen molar-refractivity contribution < 1.29 is 9.84 Å². The molecule has 1 aliphatic heterocycles. The molecule has 2 heterocycles. The first kappa shape index (κ1) is 12.2. The van der Waals surface area contributed by atoms with Gasteiger partial charge in [-0.1, -0.05) is 18.2 Å². The second-order valence-electron chi connectivity index (χ2n) is 4.92. The van der Waals surface area contributed by atoms with E-state index in [1.54, 1.807) is 12.4 Å². The summed E-state index contributed by atoms with van der Waals surface area (Å²) in [5.41, 5.74) is 3.92. The summed E-state index contributed by atoms with van der Waals surface area (Å²) in [6, 6.07) is 7.86. The molecule has 1 atom stereocenters. The highest BCUT2D eigenvalue weighted by molar-refractivity contribution is 5.47. The number of rotatable bonds is 2. The Morgan fingerprint density at radius 2 is 2.16 bits per heavy atom. The van der Waals surface area contributed by atoms with Crippen LogP contribution in [-0.4, -0.2) is 16.7 Å². The number of para-hydroxylation sites is 1. The van der Waals surface area contributed by atoms with Gasteiger partial charge in [-0.15, -0.1) is 0 Å². The van der Waals surface area contributed by atoms with Crippen molar-refractivity contribution in [3.8, 4) is 5.75 Å². The lowest BCUT2D eigenvalue weighted by molar-refractivity contribution is 0.206. The lowest BCUT2D eigenvalue weighted by Gasteiger charge is -2.23. The van der Waals surface area contributed by atoms with Crippen LogP contribution in [0.1, 0.15) is 34.8 Å². The maximum Gasteiger partial charge on any atom is 0.128 e. The van der Waals surface area contributed by atoms with Gasteiger partial charge in [-0.25, -0.2) is 0 Å². The molecule has 1 aromatic carbocycles. The summed E-state index contributed by atoms with van der Waals surface area (Å²) in [7, 11) is 0. The number of ether oxygens (including phenoxy) is 1. The molecule has 1 aliphatic rings. The Kier molecular flexibility index (Phi) is 3.22. The van der Waals surface area contributed by atoms with E-state index in [-0.39, 0.29) is 0 Å². The van der Waals surface area contributed by atoms with Gasteiger partial charge in [-0.2, -0.15) is 0 Å². The monoisotopic (exact) mass is 255 g/mol. The molecule has 0 amide bonds. The van der Waals surface area contributed by atoms with E-state index in [0.717, 1.165) is 41.9 Å². The second kappa shape index (κ2) is 5.02. The number of hydrogen-bond donors (Lipinski definition) is 1. The zero-order valence-corrected chi connectivity index (χ0v) is 11.0. The van der Waals surface area contributed by atoms with Gasteiger partial charge in [0, 0.05) is 18.0 Å². The Morgan fingerprint density at radius 3 is 3.00 bits per heavy atom. The van der Waals surface area contributed by atoms with Crippen LogP contribution in [-0.2, 0) is 6.42 Å². The molecule has 1 unspecified atom stereocenters. The molecular weight excluding hydrogens is 238 g/mol. The van der Waals surface area contributed by atoms with E-state index in [1.807, 2.05) is 25.1 Å². The average molecular weight is 255 g/mol. The van der Waals surface area contributed by atoms with Crippen LogP contribution in [0.15, 0.2) is 36.7 Å². The fourth-order valence-corrected chi connectivity index (χ4v) is 2.59. The smallest absolute Gasteiger partial charge is 0.128 e. The van der Waals surface area contributed by atoms with Gasteiger partial charge in [0.15, 0.2) is 0 Å². The van der Waals surface area contributed by atoms with Gasteiger partial charge in [-0.3, -0.25) is 4.98 Å². The summed E-state index contributed by atoms with van der Waals surface area (Å²) in [4.78, 5) is 4.07. The van der Waals surface area contributed by atoms with E-state index in [4.69, 9.17) is 4.74 Å². The quantitative estimate of drug-likeness (QED) is 0.897. The molecule has 3 nitrogen and oxygen atoms in total. The van der Waals surface area contributed by atoms with Gasteiger partial charge in [0.05, 0.1) is 6.61 Å². The van der Waals surface area contributed by atoms with Crippen LogP contribution < -0.4 is 4.74 Å². The zero-order valence-electron chi connectivity index (χ0n) is 11.0. The Balaban J connectivity index is 2.05. The van der Waals surface area contributed by atoms with E-state index >= 15 is 0 Å². The van der Waals surface area contributed by atoms with Crippen LogP contribution in [0, 0.1) is 6.92 Å². The lowest BCUT2D eigenvalue weighted by Crippen LogP contribution is -2.13. The van der Waals surface area contributed by atoms with Crippen molar-refractivity contribution in [1.82, 2.24) is 4.98 Å². The van der Waals surface area contributed by atoms with Gasteiger partial charge < -0.3 is 9.84 Å². The summed E-state index contributed by atoms with van der Waals surface area (Å²) in [5, 5.41) is 10.6. The maximum atomic E-state index is 10.6. The number of aromatic nitrogens is 1. The third-order valence-corrected chi connectivity index (χ3v) is 3.62. The largest absolute Gasteiger partial charge is 0.493 e. The molecule has 0 bridgehead atoms. The van der Waals surface area contributed by atoms with Gasteiger partial charge >= 0.3 is 0 Å². The Bertz CT molecular complexity index is 595. The fourth-order valence-electron chi connectivity index (χ4n) is 2.59. The molecule has 1 aromatic heterocycles. The lowest BCUT2D eigenvalue weighted by atomic mass is 9.94. The number of hydrogen-bond acceptors (Lipinski definition) is 3. The first-order chi connectivity index (χ1) is 9.27. The summed E-state index contributed by atoms with van der Waals surface area (Å²) >= 11 is 0. The van der Waals surface area contributed by atoms with Crippen LogP contribution >= 0.6 is 0 Å². The third-order valence-electron chi connectivity index (χ3n) is 3.62. The normalized spacial score (nSPS) is 15.5. The minimum atomic E-state index is -0.656. The highest BCUT2D eigenvalue weighted by Crippen LogP contribution is 2.36. The van der Waals surface area contributed by atoms with Crippen LogP contribution in [0.25, 0.3) is 0 Å². The minimum absolute atomic E-state index is 0.656. The minimum Gasteiger partial charge on any atom is -0.493 e. The fraction of sp³-hybridized carbons (Fsp3) is 0.312. The molecule has 0 fully saturated rings. The van der Waals surface area contributed by atoms with Crippen LogP contribution in [0.5, 0.6) is 5.75 Å². The van der Waals surface area contributed by atoms with Crippen molar-refractivity contribution in [3.63, 3.8) is 0 Å². The number of aryl methyl sites for hydroxylation is 2. The molecule has 19 heavy (non-hydrogen) atoms. The third kappa shape index (κ3) is 2.22. The van der Waals surface area contributed by atoms with E-state index in [2.05, 4.69) is 11.1 Å². The molecular formula is C16H17NO2. The van der Waals surface area contributed by atoms with Crippen LogP contribution in [0.4, 0.5) is 0 Å². The molecule has 0 aliphatic carbocycles. The van der Waals surface area contributed by atoms with Crippen LogP contribution in [0.2, 0.25) is 0 Å². The number of fused-ring (bicyclic) bond motifs is 1. The van der Waals surface area contributed by atoms with Gasteiger partial charge in [0.2, 0.25) is 0 Å². The number of pyridine rings is 1. The Hall–Kier alpha value is -1.87. The SMILES string of the molecule is Cc1cnccc1C(O)c1cccc2c1OCCC2. The first-order valence-electron chi connectivity index (χ1n) is 6.60. The van der Waals surface area contributed by atoms with Crippen LogP contribution in [0.3, 0.4) is 0 Å². The van der Waals surface area contributed by atoms with Gasteiger partial charge in [0.1, 0.15) is 11.9 Å². The summed E-state index contributed by atoms with van der Waals surface area (Å²) < 4.78 is 5.76. The second-order valence-corrected chi connectivity index (χ2v) is 4.92. The summed E-state index contributed by atoms with van der Waals surface area (Å²) in [6.45, 7) is 2.69. The van der Waals surface area contributed by atoms with Crippen molar-refractivity contribution in [2.45, 2.75) is 25.9 Å². The number of benzene rings is 1. The topological polar surface area (TPSA) is 42.4 Å². The summed E-state index contributed by atoms with van der Waals surface area (Å²) in [5.74, 6) is 0.859. The van der Waals surface area contributed by atoms with Gasteiger partial charge in [-0.05, 0) is 42.5 Å². The standard InChI is InChI=1S/C16H17NO2/c1-11-10-17-8-7-13(11)15(18)14-6-2-4-12-5-3-9-19-16(12)14/h2,4,6-8,10,15,18H,3,5,9H2,1H3. The van der Waals surface area contributed by atoms with Crippen molar-refractivity contribution >= 4 is 0 Å². The zero-order chi connectivity index (χ0) is 13.2. The highest BCUT2D eigenvalue weighted by Gasteiger charge is 2.21. The van der Waals surface area contributed by atoms with E-state index in [0.29, 0.717) is 0 Å². The van der Waals surface area contributed by atoms with Crippen molar-refractivity contribution in [2.24, 2.45) is 0 Å². The Morgan fingerprint density at radius 1 is 1.26 bits per heavy atom. The number of aliphatic hydroxyl groups excluding tert-OH is 1. The van der Waals surface area contributed by atoms with E-state index in [1.165, 1.54) is 5.56 Å². The predicted octanol–water partition coefficient (Wildman–Crippen LogP) is 2.80. The predicted molar refractivity (Wildman–Crippen MR) is 73.3 cm³/mol. The number of nitrogens with zero attached hydrogens (tertiary/aromatic N) is 1. The molecule has 0 spiro atoms. The van der Waals surface area contributed by atoms with Gasteiger partial charge in [0.25, 0.3) is 0 Å². The Labute approximate surface area is 112 Å². The molecule has 98 valence electrons. The summed E-state index contributed by atoms with van der Waals surface area (Å²) in [6.07, 6.45) is 4.89. The molecule has 0 saturated carbocycles. The van der Waals surface area contributed by atoms with E-state index < -0.39 is 6.10 Å². The molecule has 3 rings (SSSR count). The highest BCUT2D eigenvalue weighted by atomic mass is 16.5. The average Bonchev–Trinajstić information content (AvgIpc) is 2.46.